The minimum Gasteiger partial charge on any atom is -0.292 e. The van der Waals surface area contributed by atoms with Crippen LogP contribution in [0.4, 0.5) is 5.95 Å². The SMILES string of the molecule is Cc1c(Br)cnn1CC(=O)Nc1ncn(Cc2ccc(Cl)c(Cl)c2)n1. The zero-order valence-electron chi connectivity index (χ0n) is 13.1. The summed E-state index contributed by atoms with van der Waals surface area (Å²) in [5, 5.41) is 12.0. The van der Waals surface area contributed by atoms with Gasteiger partial charge in [0, 0.05) is 0 Å². The molecule has 130 valence electrons. The molecule has 0 fully saturated rings. The highest BCUT2D eigenvalue weighted by molar-refractivity contribution is 9.10. The van der Waals surface area contributed by atoms with Crippen LogP contribution in [0.2, 0.25) is 10.0 Å². The van der Waals surface area contributed by atoms with E-state index in [4.69, 9.17) is 23.2 Å². The van der Waals surface area contributed by atoms with Crippen molar-refractivity contribution in [1.29, 1.82) is 0 Å². The monoisotopic (exact) mass is 442 g/mol. The number of carbonyl (C=O) groups is 1. The average molecular weight is 444 g/mol. The summed E-state index contributed by atoms with van der Waals surface area (Å²) in [6.45, 7) is 2.42. The molecule has 0 aliphatic carbocycles. The first kappa shape index (κ1) is 17.9. The topological polar surface area (TPSA) is 77.6 Å². The van der Waals surface area contributed by atoms with Crippen LogP contribution >= 0.6 is 39.1 Å². The van der Waals surface area contributed by atoms with Gasteiger partial charge in [0.25, 0.3) is 0 Å². The number of nitrogens with zero attached hydrogens (tertiary/aromatic N) is 5. The van der Waals surface area contributed by atoms with Crippen molar-refractivity contribution in [2.24, 2.45) is 0 Å². The Morgan fingerprint density at radius 2 is 2.12 bits per heavy atom. The summed E-state index contributed by atoms with van der Waals surface area (Å²) in [5.74, 6) is -0.0278. The number of hydrogen-bond acceptors (Lipinski definition) is 4. The second kappa shape index (κ2) is 7.55. The number of aromatic nitrogens is 5. The van der Waals surface area contributed by atoms with Gasteiger partial charge in [-0.25, -0.2) is 9.67 Å². The van der Waals surface area contributed by atoms with E-state index in [2.05, 4.69) is 36.4 Å². The fourth-order valence-corrected chi connectivity index (χ4v) is 2.75. The Morgan fingerprint density at radius 3 is 2.80 bits per heavy atom. The van der Waals surface area contributed by atoms with Gasteiger partial charge in [-0.1, -0.05) is 29.3 Å². The van der Waals surface area contributed by atoms with Gasteiger partial charge in [0.05, 0.1) is 33.0 Å². The molecule has 0 aliphatic rings. The van der Waals surface area contributed by atoms with Crippen molar-refractivity contribution in [3.05, 3.63) is 56.5 Å². The molecule has 3 rings (SSSR count). The van der Waals surface area contributed by atoms with Crippen molar-refractivity contribution in [3.8, 4) is 0 Å². The van der Waals surface area contributed by atoms with Crippen LogP contribution in [0.3, 0.4) is 0 Å². The van der Waals surface area contributed by atoms with E-state index in [1.165, 1.54) is 6.33 Å². The van der Waals surface area contributed by atoms with E-state index in [-0.39, 0.29) is 18.4 Å². The smallest absolute Gasteiger partial charge is 0.248 e. The quantitative estimate of drug-likeness (QED) is 0.654. The maximum absolute atomic E-state index is 12.1. The van der Waals surface area contributed by atoms with Crippen LogP contribution in [-0.2, 0) is 17.9 Å². The summed E-state index contributed by atoms with van der Waals surface area (Å²) in [5.41, 5.74) is 1.79. The lowest BCUT2D eigenvalue weighted by molar-refractivity contribution is -0.117. The molecule has 2 heterocycles. The van der Waals surface area contributed by atoms with Gasteiger partial charge >= 0.3 is 0 Å². The number of nitrogens with one attached hydrogen (secondary N) is 1. The van der Waals surface area contributed by atoms with Crippen molar-refractivity contribution in [3.63, 3.8) is 0 Å². The predicted octanol–water partition coefficient (Wildman–Crippen LogP) is 3.54. The molecule has 0 spiro atoms. The fourth-order valence-electron chi connectivity index (χ4n) is 2.14. The third-order valence-electron chi connectivity index (χ3n) is 3.45. The summed E-state index contributed by atoms with van der Waals surface area (Å²) < 4.78 is 4.04. The highest BCUT2D eigenvalue weighted by Crippen LogP contribution is 2.23. The molecule has 1 aromatic carbocycles. The minimum atomic E-state index is -0.258. The van der Waals surface area contributed by atoms with Gasteiger partial charge in [0.15, 0.2) is 0 Å². The lowest BCUT2D eigenvalue weighted by Gasteiger charge is -2.04. The Morgan fingerprint density at radius 1 is 1.32 bits per heavy atom. The zero-order valence-corrected chi connectivity index (χ0v) is 16.2. The van der Waals surface area contributed by atoms with Crippen molar-refractivity contribution in [2.45, 2.75) is 20.0 Å². The van der Waals surface area contributed by atoms with Crippen molar-refractivity contribution in [2.75, 3.05) is 5.32 Å². The zero-order chi connectivity index (χ0) is 18.0. The highest BCUT2D eigenvalue weighted by Gasteiger charge is 2.11. The standard InChI is InChI=1S/C15H13BrCl2N6O/c1-9-11(16)5-20-24(9)7-14(25)21-15-19-8-23(22-15)6-10-2-3-12(17)13(18)4-10/h2-5,8H,6-7H2,1H3,(H,21,22,25). The van der Waals surface area contributed by atoms with E-state index < -0.39 is 0 Å². The molecule has 0 atom stereocenters. The number of anilines is 1. The Hall–Kier alpha value is -1.90. The summed E-state index contributed by atoms with van der Waals surface area (Å²) in [7, 11) is 0. The third kappa shape index (κ3) is 4.39. The highest BCUT2D eigenvalue weighted by atomic mass is 79.9. The van der Waals surface area contributed by atoms with Gasteiger partial charge in [-0.3, -0.25) is 14.8 Å². The maximum atomic E-state index is 12.1. The van der Waals surface area contributed by atoms with Crippen molar-refractivity contribution in [1.82, 2.24) is 24.5 Å². The molecular weight excluding hydrogens is 431 g/mol. The van der Waals surface area contributed by atoms with Crippen LogP contribution in [0.15, 0.2) is 35.2 Å². The average Bonchev–Trinajstić information content (AvgIpc) is 3.12. The van der Waals surface area contributed by atoms with Crippen molar-refractivity contribution >= 4 is 51.0 Å². The van der Waals surface area contributed by atoms with Gasteiger partial charge in [0.2, 0.25) is 11.9 Å². The van der Waals surface area contributed by atoms with Crippen LogP contribution in [0, 0.1) is 6.92 Å². The summed E-state index contributed by atoms with van der Waals surface area (Å²) in [6, 6.07) is 5.35. The second-order valence-corrected chi connectivity index (χ2v) is 6.97. The predicted molar refractivity (Wildman–Crippen MR) is 98.9 cm³/mol. The third-order valence-corrected chi connectivity index (χ3v) is 4.97. The first-order chi connectivity index (χ1) is 11.9. The van der Waals surface area contributed by atoms with Gasteiger partial charge in [-0.05, 0) is 40.5 Å². The Labute approximate surface area is 162 Å². The number of hydrogen-bond donors (Lipinski definition) is 1. The fraction of sp³-hybridized carbons (Fsp3) is 0.200. The second-order valence-electron chi connectivity index (χ2n) is 5.30. The summed E-state index contributed by atoms with van der Waals surface area (Å²) >= 11 is 15.3. The molecule has 10 heteroatoms. The van der Waals surface area contributed by atoms with Crippen LogP contribution in [0.5, 0.6) is 0 Å². The lowest BCUT2D eigenvalue weighted by Crippen LogP contribution is -2.21. The Balaban J connectivity index is 1.62. The number of amides is 1. The molecular formula is C15H13BrCl2N6O. The Bertz CT molecular complexity index is 923. The molecule has 0 unspecified atom stereocenters. The number of benzene rings is 1. The maximum Gasteiger partial charge on any atom is 0.248 e. The number of carbonyl (C=O) groups excluding carboxylic acids is 1. The molecule has 0 saturated heterocycles. The lowest BCUT2D eigenvalue weighted by atomic mass is 10.2. The summed E-state index contributed by atoms with van der Waals surface area (Å²) in [4.78, 5) is 16.2. The van der Waals surface area contributed by atoms with Gasteiger partial charge in [-0.2, -0.15) is 5.10 Å². The molecule has 1 amide bonds. The van der Waals surface area contributed by atoms with E-state index in [1.807, 2.05) is 13.0 Å². The van der Waals surface area contributed by atoms with E-state index in [9.17, 15) is 4.79 Å². The largest absolute Gasteiger partial charge is 0.292 e. The molecule has 2 aromatic heterocycles. The normalized spacial score (nSPS) is 10.9. The van der Waals surface area contributed by atoms with E-state index in [0.717, 1.165) is 15.7 Å². The molecule has 7 nitrogen and oxygen atoms in total. The molecule has 0 bridgehead atoms. The van der Waals surface area contributed by atoms with Crippen LogP contribution in [0.1, 0.15) is 11.3 Å². The molecule has 0 radical (unpaired) electrons. The van der Waals surface area contributed by atoms with Crippen LogP contribution < -0.4 is 5.32 Å². The van der Waals surface area contributed by atoms with Gasteiger partial charge in [0.1, 0.15) is 12.9 Å². The first-order valence-corrected chi connectivity index (χ1v) is 8.78. The number of halogens is 3. The molecule has 3 aromatic rings. The van der Waals surface area contributed by atoms with Gasteiger partial charge < -0.3 is 0 Å². The van der Waals surface area contributed by atoms with E-state index in [1.54, 1.807) is 27.7 Å². The minimum absolute atomic E-state index is 0.0821. The van der Waals surface area contributed by atoms with E-state index >= 15 is 0 Å². The van der Waals surface area contributed by atoms with Crippen molar-refractivity contribution < 1.29 is 4.79 Å². The molecule has 0 saturated carbocycles. The molecule has 25 heavy (non-hydrogen) atoms. The summed E-state index contributed by atoms with van der Waals surface area (Å²) in [6.07, 6.45) is 3.18. The molecule has 1 N–H and O–H groups in total. The Kier molecular flexibility index (Phi) is 5.41. The first-order valence-electron chi connectivity index (χ1n) is 7.23. The van der Waals surface area contributed by atoms with Crippen LogP contribution in [-0.4, -0.2) is 30.5 Å². The molecule has 0 aliphatic heterocycles. The van der Waals surface area contributed by atoms with Gasteiger partial charge in [-0.15, -0.1) is 5.10 Å². The van der Waals surface area contributed by atoms with E-state index in [0.29, 0.717) is 16.6 Å². The number of rotatable bonds is 5. The van der Waals surface area contributed by atoms with Crippen LogP contribution in [0.25, 0.3) is 0 Å².